The highest BCUT2D eigenvalue weighted by Crippen LogP contribution is 2.34. The quantitative estimate of drug-likeness (QED) is 0.880. The Morgan fingerprint density at radius 3 is 2.90 bits per heavy atom. The average Bonchev–Trinajstić information content (AvgIpc) is 2.72. The van der Waals surface area contributed by atoms with E-state index in [0.29, 0.717) is 18.9 Å². The van der Waals surface area contributed by atoms with Gasteiger partial charge >= 0.3 is 0 Å². The van der Waals surface area contributed by atoms with Crippen molar-refractivity contribution in [3.05, 3.63) is 48.0 Å². The van der Waals surface area contributed by atoms with Crippen LogP contribution < -0.4 is 20.1 Å². The van der Waals surface area contributed by atoms with Gasteiger partial charge in [-0.3, -0.25) is 0 Å². The fourth-order valence-corrected chi connectivity index (χ4v) is 2.62. The molecule has 3 rings (SSSR count). The molecule has 0 amide bonds. The van der Waals surface area contributed by atoms with E-state index in [2.05, 4.69) is 11.0 Å². The Labute approximate surface area is 125 Å². The number of rotatable bonds is 3. The van der Waals surface area contributed by atoms with Crippen LogP contribution in [0, 0.1) is 0 Å². The van der Waals surface area contributed by atoms with Crippen LogP contribution in [0.1, 0.15) is 12.5 Å². The average molecular weight is 284 g/mol. The molecule has 4 nitrogen and oxygen atoms in total. The summed E-state index contributed by atoms with van der Waals surface area (Å²) in [6.45, 7) is 4.81. The lowest BCUT2D eigenvalue weighted by molar-refractivity contribution is 0.331. The summed E-state index contributed by atoms with van der Waals surface area (Å²) in [4.78, 5) is 2.24. The highest BCUT2D eigenvalue weighted by atomic mass is 16.5. The van der Waals surface area contributed by atoms with Gasteiger partial charge in [0.1, 0.15) is 18.1 Å². The van der Waals surface area contributed by atoms with E-state index < -0.39 is 0 Å². The van der Waals surface area contributed by atoms with Crippen molar-refractivity contribution in [3.8, 4) is 11.5 Å². The number of nitrogens with two attached hydrogens (primary N) is 1. The number of ether oxygens (including phenoxy) is 2. The first-order chi connectivity index (χ1) is 10.3. The normalized spacial score (nSPS) is 14.0. The van der Waals surface area contributed by atoms with Crippen molar-refractivity contribution in [2.75, 3.05) is 30.4 Å². The zero-order chi connectivity index (χ0) is 14.7. The minimum absolute atomic E-state index is 0.611. The monoisotopic (exact) mass is 284 g/mol. The molecular weight excluding hydrogens is 264 g/mol. The molecule has 0 spiro atoms. The molecule has 0 aliphatic carbocycles. The Bertz CT molecular complexity index is 628. The van der Waals surface area contributed by atoms with Gasteiger partial charge in [0.05, 0.1) is 24.5 Å². The molecule has 110 valence electrons. The van der Waals surface area contributed by atoms with Crippen molar-refractivity contribution in [2.24, 2.45) is 0 Å². The summed E-state index contributed by atoms with van der Waals surface area (Å²) in [5.74, 6) is 1.70. The lowest BCUT2D eigenvalue weighted by Gasteiger charge is -2.24. The summed E-state index contributed by atoms with van der Waals surface area (Å²) in [5.41, 5.74) is 9.14. The fraction of sp³-hybridized carbons (Fsp3) is 0.294. The van der Waals surface area contributed by atoms with E-state index in [1.165, 1.54) is 5.56 Å². The standard InChI is InChI=1S/C17H20N2O2/c1-2-20-16-9-5-7-14(17(16)18)19-10-11-21-15-8-4-3-6-13(15)12-19/h3-9H,2,10-12,18H2,1H3. The summed E-state index contributed by atoms with van der Waals surface area (Å²) >= 11 is 0. The molecule has 0 saturated heterocycles. The highest BCUT2D eigenvalue weighted by Gasteiger charge is 2.18. The molecule has 21 heavy (non-hydrogen) atoms. The second kappa shape index (κ2) is 5.95. The van der Waals surface area contributed by atoms with Gasteiger partial charge in [0.2, 0.25) is 0 Å². The minimum atomic E-state index is 0.611. The maximum Gasteiger partial charge on any atom is 0.144 e. The zero-order valence-electron chi connectivity index (χ0n) is 12.2. The van der Waals surface area contributed by atoms with E-state index in [0.717, 1.165) is 30.3 Å². The van der Waals surface area contributed by atoms with Crippen LogP contribution >= 0.6 is 0 Å². The van der Waals surface area contributed by atoms with Crippen molar-refractivity contribution in [1.29, 1.82) is 0 Å². The van der Waals surface area contributed by atoms with Crippen LogP contribution in [0.3, 0.4) is 0 Å². The van der Waals surface area contributed by atoms with Crippen molar-refractivity contribution in [1.82, 2.24) is 0 Å². The molecule has 2 aromatic carbocycles. The molecule has 0 saturated carbocycles. The van der Waals surface area contributed by atoms with Gasteiger partial charge in [0.15, 0.2) is 0 Å². The first-order valence-electron chi connectivity index (χ1n) is 7.26. The van der Waals surface area contributed by atoms with Gasteiger partial charge in [-0.25, -0.2) is 0 Å². The molecule has 0 bridgehead atoms. The maximum atomic E-state index is 6.26. The van der Waals surface area contributed by atoms with Crippen LogP contribution in [0.2, 0.25) is 0 Å². The molecule has 0 aromatic heterocycles. The van der Waals surface area contributed by atoms with Crippen LogP contribution in [0.25, 0.3) is 0 Å². The maximum absolute atomic E-state index is 6.26. The van der Waals surface area contributed by atoms with Gasteiger partial charge in [-0.15, -0.1) is 0 Å². The number of nitrogen functional groups attached to an aromatic ring is 1. The molecule has 4 heteroatoms. The van der Waals surface area contributed by atoms with Gasteiger partial charge in [0.25, 0.3) is 0 Å². The Balaban J connectivity index is 1.92. The topological polar surface area (TPSA) is 47.7 Å². The van der Waals surface area contributed by atoms with Gasteiger partial charge in [-0.2, -0.15) is 0 Å². The number of hydrogen-bond donors (Lipinski definition) is 1. The van der Waals surface area contributed by atoms with Crippen LogP contribution in [-0.2, 0) is 6.54 Å². The molecule has 1 heterocycles. The smallest absolute Gasteiger partial charge is 0.144 e. The SMILES string of the molecule is CCOc1cccc(N2CCOc3ccccc3C2)c1N. The molecule has 2 N–H and O–H groups in total. The largest absolute Gasteiger partial charge is 0.492 e. The number of fused-ring (bicyclic) bond motifs is 1. The van der Waals surface area contributed by atoms with Crippen LogP contribution in [0.4, 0.5) is 11.4 Å². The van der Waals surface area contributed by atoms with E-state index in [9.17, 15) is 0 Å². The fourth-order valence-electron chi connectivity index (χ4n) is 2.62. The van der Waals surface area contributed by atoms with Crippen LogP contribution in [0.5, 0.6) is 11.5 Å². The van der Waals surface area contributed by atoms with Gasteiger partial charge in [-0.05, 0) is 25.1 Å². The van der Waals surface area contributed by atoms with E-state index in [1.54, 1.807) is 0 Å². The third-order valence-electron chi connectivity index (χ3n) is 3.64. The van der Waals surface area contributed by atoms with E-state index in [4.69, 9.17) is 15.2 Å². The van der Waals surface area contributed by atoms with Crippen LogP contribution in [0.15, 0.2) is 42.5 Å². The predicted octanol–water partition coefficient (Wildman–Crippen LogP) is 3.07. The summed E-state index contributed by atoms with van der Waals surface area (Å²) in [6, 6.07) is 14.1. The van der Waals surface area contributed by atoms with E-state index in [1.807, 2.05) is 43.3 Å². The molecule has 2 aromatic rings. The first kappa shape index (κ1) is 13.6. The number of nitrogens with zero attached hydrogens (tertiary/aromatic N) is 1. The lowest BCUT2D eigenvalue weighted by Crippen LogP contribution is -2.26. The van der Waals surface area contributed by atoms with Crippen molar-refractivity contribution >= 4 is 11.4 Å². The minimum Gasteiger partial charge on any atom is -0.492 e. The lowest BCUT2D eigenvalue weighted by atomic mass is 10.1. The first-order valence-corrected chi connectivity index (χ1v) is 7.26. The van der Waals surface area contributed by atoms with Crippen molar-refractivity contribution in [3.63, 3.8) is 0 Å². The summed E-state index contributed by atoms with van der Waals surface area (Å²) in [5, 5.41) is 0. The Kier molecular flexibility index (Phi) is 3.86. The Hall–Kier alpha value is -2.36. The van der Waals surface area contributed by atoms with Crippen molar-refractivity contribution < 1.29 is 9.47 Å². The van der Waals surface area contributed by atoms with Crippen LogP contribution in [-0.4, -0.2) is 19.8 Å². The van der Waals surface area contributed by atoms with Gasteiger partial charge in [-0.1, -0.05) is 24.3 Å². The Morgan fingerprint density at radius 1 is 1.19 bits per heavy atom. The molecule has 0 atom stereocenters. The third kappa shape index (κ3) is 2.75. The second-order valence-corrected chi connectivity index (χ2v) is 5.00. The number of para-hydroxylation sites is 2. The predicted molar refractivity (Wildman–Crippen MR) is 85.0 cm³/mol. The van der Waals surface area contributed by atoms with E-state index in [-0.39, 0.29) is 0 Å². The number of hydrogen-bond acceptors (Lipinski definition) is 4. The molecule has 1 aliphatic rings. The summed E-state index contributed by atoms with van der Waals surface area (Å²) in [7, 11) is 0. The molecule has 0 unspecified atom stereocenters. The third-order valence-corrected chi connectivity index (χ3v) is 3.64. The summed E-state index contributed by atoms with van der Waals surface area (Å²) < 4.78 is 11.4. The highest BCUT2D eigenvalue weighted by molar-refractivity contribution is 5.74. The number of benzene rings is 2. The van der Waals surface area contributed by atoms with Crippen molar-refractivity contribution in [2.45, 2.75) is 13.5 Å². The molecule has 0 fully saturated rings. The molecule has 1 aliphatic heterocycles. The van der Waals surface area contributed by atoms with Gasteiger partial charge in [0, 0.05) is 12.1 Å². The van der Waals surface area contributed by atoms with E-state index >= 15 is 0 Å². The number of anilines is 2. The Morgan fingerprint density at radius 2 is 2.05 bits per heavy atom. The molecular formula is C17H20N2O2. The van der Waals surface area contributed by atoms with Gasteiger partial charge < -0.3 is 20.1 Å². The molecule has 0 radical (unpaired) electrons. The second-order valence-electron chi connectivity index (χ2n) is 5.00. The zero-order valence-corrected chi connectivity index (χ0v) is 12.2. The summed E-state index contributed by atoms with van der Waals surface area (Å²) in [6.07, 6.45) is 0.